The Bertz CT molecular complexity index is 1130. The molecule has 10 heteroatoms. The fraction of sp³-hybridized carbons (Fsp3) is 0.318. The van der Waals surface area contributed by atoms with Gasteiger partial charge in [0.15, 0.2) is 5.75 Å². The zero-order valence-electron chi connectivity index (χ0n) is 16.7. The van der Waals surface area contributed by atoms with E-state index in [4.69, 9.17) is 18.6 Å². The Kier molecular flexibility index (Phi) is 6.31. The molecule has 0 saturated carbocycles. The quantitative estimate of drug-likeness (QED) is 0.332. The van der Waals surface area contributed by atoms with Crippen molar-refractivity contribution in [1.82, 2.24) is 0 Å². The van der Waals surface area contributed by atoms with Crippen LogP contribution in [0.3, 0.4) is 0 Å². The Morgan fingerprint density at radius 1 is 0.969 bits per heavy atom. The molecule has 0 aliphatic carbocycles. The van der Waals surface area contributed by atoms with Crippen molar-refractivity contribution in [3.63, 3.8) is 0 Å². The molecular weight excluding hydrogens is 424 g/mol. The Hall–Kier alpha value is -3.15. The molecule has 170 valence electrons. The lowest BCUT2D eigenvalue weighted by Crippen LogP contribution is -2.60. The van der Waals surface area contributed by atoms with E-state index in [2.05, 4.69) is 0 Å². The molecule has 5 N–H and O–H groups in total. The molecule has 1 saturated heterocycles. The van der Waals surface area contributed by atoms with Crippen molar-refractivity contribution in [2.24, 2.45) is 0 Å². The van der Waals surface area contributed by atoms with Crippen LogP contribution in [0.1, 0.15) is 5.56 Å². The van der Waals surface area contributed by atoms with E-state index >= 15 is 0 Å². The highest BCUT2D eigenvalue weighted by Crippen LogP contribution is 2.35. The third-order valence-corrected chi connectivity index (χ3v) is 5.14. The first kappa shape index (κ1) is 22.1. The van der Waals surface area contributed by atoms with Gasteiger partial charge in [0.2, 0.25) is 12.0 Å². The summed E-state index contributed by atoms with van der Waals surface area (Å²) in [4.78, 5) is 12.1. The number of aliphatic hydroxyl groups excluding tert-OH is 4. The van der Waals surface area contributed by atoms with Crippen molar-refractivity contribution in [1.29, 1.82) is 0 Å². The fourth-order valence-electron chi connectivity index (χ4n) is 3.39. The topological polar surface area (TPSA) is 159 Å². The molecule has 0 spiro atoms. The molecule has 0 unspecified atom stereocenters. The zero-order chi connectivity index (χ0) is 22.8. The molecule has 4 rings (SSSR count). The second kappa shape index (κ2) is 9.15. The van der Waals surface area contributed by atoms with Crippen LogP contribution in [-0.2, 0) is 11.3 Å². The van der Waals surface area contributed by atoms with Crippen LogP contribution < -0.4 is 15.1 Å². The molecule has 3 aromatic rings. The van der Waals surface area contributed by atoms with Gasteiger partial charge in [-0.1, -0.05) is 30.3 Å². The van der Waals surface area contributed by atoms with Gasteiger partial charge in [-0.15, -0.1) is 0 Å². The van der Waals surface area contributed by atoms with Gasteiger partial charge in [-0.3, -0.25) is 0 Å². The summed E-state index contributed by atoms with van der Waals surface area (Å²) in [6.07, 6.45) is -7.25. The summed E-state index contributed by atoms with van der Waals surface area (Å²) in [5.41, 5.74) is -0.139. The standard InChI is InChI=1S/C22H22O10/c23-9-15-16(24)17(25)18(26)22(32-15)30-12-6-7-13-14(8-12)31-21(28)19(27)20(13)29-10-11-4-2-1-3-5-11/h1-8,15-18,22-27H,9-10H2/t15-,16-,17+,18-,22-/m1/s1. The van der Waals surface area contributed by atoms with Crippen LogP contribution >= 0.6 is 0 Å². The molecule has 1 fully saturated rings. The second-order valence-electron chi connectivity index (χ2n) is 7.31. The van der Waals surface area contributed by atoms with Crippen LogP contribution in [0.15, 0.2) is 57.7 Å². The van der Waals surface area contributed by atoms with Gasteiger partial charge in [-0.2, -0.15) is 0 Å². The lowest BCUT2D eigenvalue weighted by atomic mass is 9.99. The lowest BCUT2D eigenvalue weighted by molar-refractivity contribution is -0.277. The number of benzene rings is 2. The molecule has 32 heavy (non-hydrogen) atoms. The average Bonchev–Trinajstić information content (AvgIpc) is 2.80. The average molecular weight is 446 g/mol. The van der Waals surface area contributed by atoms with Gasteiger partial charge in [0.25, 0.3) is 0 Å². The molecule has 0 bridgehead atoms. The van der Waals surface area contributed by atoms with Crippen molar-refractivity contribution in [2.75, 3.05) is 6.61 Å². The number of aliphatic hydroxyl groups is 4. The third kappa shape index (κ3) is 4.27. The summed E-state index contributed by atoms with van der Waals surface area (Å²) in [5.74, 6) is -0.625. The maximum absolute atomic E-state index is 12.1. The van der Waals surface area contributed by atoms with Gasteiger partial charge >= 0.3 is 5.63 Å². The Morgan fingerprint density at radius 3 is 2.44 bits per heavy atom. The zero-order valence-corrected chi connectivity index (χ0v) is 16.7. The van der Waals surface area contributed by atoms with E-state index in [-0.39, 0.29) is 23.7 Å². The van der Waals surface area contributed by atoms with E-state index in [1.54, 1.807) is 0 Å². The summed E-state index contributed by atoms with van der Waals surface area (Å²) < 4.78 is 21.7. The smallest absolute Gasteiger partial charge is 0.382 e. The summed E-state index contributed by atoms with van der Waals surface area (Å²) in [6, 6.07) is 13.4. The minimum absolute atomic E-state index is 0.0398. The van der Waals surface area contributed by atoms with Crippen LogP contribution in [0.2, 0.25) is 0 Å². The molecule has 0 amide bonds. The molecule has 1 aromatic heterocycles. The Morgan fingerprint density at radius 2 is 1.72 bits per heavy atom. The largest absolute Gasteiger partial charge is 0.499 e. The number of fused-ring (bicyclic) bond motifs is 1. The molecule has 2 aromatic carbocycles. The van der Waals surface area contributed by atoms with Crippen LogP contribution in [-0.4, -0.2) is 62.8 Å². The number of hydrogen-bond donors (Lipinski definition) is 5. The van der Waals surface area contributed by atoms with Gasteiger partial charge in [-0.05, 0) is 17.7 Å². The van der Waals surface area contributed by atoms with Crippen LogP contribution in [0.25, 0.3) is 11.0 Å². The minimum atomic E-state index is -1.60. The first-order valence-electron chi connectivity index (χ1n) is 9.82. The maximum Gasteiger partial charge on any atom is 0.382 e. The van der Waals surface area contributed by atoms with Crippen molar-refractivity contribution < 1.29 is 44.2 Å². The molecule has 10 nitrogen and oxygen atoms in total. The van der Waals surface area contributed by atoms with E-state index in [1.165, 1.54) is 18.2 Å². The minimum Gasteiger partial charge on any atom is -0.499 e. The summed E-state index contributed by atoms with van der Waals surface area (Å²) in [6.45, 7) is -0.491. The third-order valence-electron chi connectivity index (χ3n) is 5.14. The molecule has 0 radical (unpaired) electrons. The number of rotatable bonds is 6. The predicted octanol–water partition coefficient (Wildman–Crippen LogP) is 0.256. The SMILES string of the molecule is O=c1oc2cc(O[C@@H]3O[C@H](CO)[C@@H](O)[C@H](O)[C@H]3O)ccc2c(OCc2ccccc2)c1O. The summed E-state index contributed by atoms with van der Waals surface area (Å²) in [7, 11) is 0. The van der Waals surface area contributed by atoms with Gasteiger partial charge in [0.05, 0.1) is 12.0 Å². The second-order valence-corrected chi connectivity index (χ2v) is 7.31. The molecule has 1 aliphatic heterocycles. The highest BCUT2D eigenvalue weighted by atomic mass is 16.7. The van der Waals surface area contributed by atoms with Gasteiger partial charge in [0, 0.05) is 6.07 Å². The molecular formula is C22H22O10. The van der Waals surface area contributed by atoms with Crippen molar-refractivity contribution in [3.05, 3.63) is 64.5 Å². The van der Waals surface area contributed by atoms with Crippen molar-refractivity contribution in [2.45, 2.75) is 37.3 Å². The van der Waals surface area contributed by atoms with E-state index in [9.17, 15) is 30.3 Å². The van der Waals surface area contributed by atoms with Crippen molar-refractivity contribution in [3.8, 4) is 17.2 Å². The first-order valence-corrected chi connectivity index (χ1v) is 9.82. The van der Waals surface area contributed by atoms with E-state index < -0.39 is 48.7 Å². The van der Waals surface area contributed by atoms with Gasteiger partial charge < -0.3 is 44.2 Å². The summed E-state index contributed by atoms with van der Waals surface area (Å²) >= 11 is 0. The van der Waals surface area contributed by atoms with Crippen LogP contribution in [0.5, 0.6) is 17.2 Å². The maximum atomic E-state index is 12.1. The van der Waals surface area contributed by atoms with E-state index in [0.717, 1.165) is 5.56 Å². The normalized spacial score (nSPS) is 25.6. The summed E-state index contributed by atoms with van der Waals surface area (Å²) in [5, 5.41) is 49.6. The van der Waals surface area contributed by atoms with Crippen LogP contribution in [0, 0.1) is 0 Å². The number of ether oxygens (including phenoxy) is 3. The van der Waals surface area contributed by atoms with Gasteiger partial charge in [0.1, 0.15) is 42.4 Å². The van der Waals surface area contributed by atoms with Crippen LogP contribution in [0.4, 0.5) is 0 Å². The Labute approximate surface area is 181 Å². The predicted molar refractivity (Wildman–Crippen MR) is 109 cm³/mol. The first-order chi connectivity index (χ1) is 15.4. The fourth-order valence-corrected chi connectivity index (χ4v) is 3.39. The van der Waals surface area contributed by atoms with Gasteiger partial charge in [-0.25, -0.2) is 4.79 Å². The highest BCUT2D eigenvalue weighted by Gasteiger charge is 2.44. The lowest BCUT2D eigenvalue weighted by Gasteiger charge is -2.39. The molecule has 2 heterocycles. The number of aromatic hydroxyl groups is 1. The molecule has 5 atom stereocenters. The van der Waals surface area contributed by atoms with E-state index in [1.807, 2.05) is 30.3 Å². The monoisotopic (exact) mass is 446 g/mol. The Balaban J connectivity index is 1.60. The highest BCUT2D eigenvalue weighted by molar-refractivity contribution is 5.86. The number of hydrogen-bond acceptors (Lipinski definition) is 10. The van der Waals surface area contributed by atoms with Crippen molar-refractivity contribution >= 4 is 11.0 Å². The molecule has 1 aliphatic rings. The van der Waals surface area contributed by atoms with E-state index in [0.29, 0.717) is 5.39 Å².